The Morgan fingerprint density at radius 2 is 1.78 bits per heavy atom. The van der Waals surface area contributed by atoms with E-state index < -0.39 is 0 Å². The molecule has 2 aromatic rings. The first-order valence-electron chi connectivity index (χ1n) is 6.37. The molecule has 2 rings (SSSR count). The predicted octanol–water partition coefficient (Wildman–Crippen LogP) is 3.52. The lowest BCUT2D eigenvalue weighted by Gasteiger charge is -2.19. The zero-order chi connectivity index (χ0) is 13.3. The van der Waals surface area contributed by atoms with Crippen LogP contribution in [-0.2, 0) is 11.8 Å². The van der Waals surface area contributed by atoms with Gasteiger partial charge in [0.15, 0.2) is 5.82 Å². The molecule has 0 amide bonds. The van der Waals surface area contributed by atoms with Gasteiger partial charge in [-0.05, 0) is 23.0 Å². The fourth-order valence-corrected chi connectivity index (χ4v) is 2.11. The van der Waals surface area contributed by atoms with Crippen LogP contribution < -0.4 is 5.73 Å². The number of rotatable bonds is 2. The van der Waals surface area contributed by atoms with Gasteiger partial charge in [0, 0.05) is 11.3 Å². The molecule has 0 aliphatic carbocycles. The summed E-state index contributed by atoms with van der Waals surface area (Å²) in [4.78, 5) is 0. The van der Waals surface area contributed by atoms with E-state index in [1.165, 1.54) is 5.56 Å². The third kappa shape index (κ3) is 2.26. The third-order valence-electron chi connectivity index (χ3n) is 3.26. The van der Waals surface area contributed by atoms with Gasteiger partial charge in [-0.25, -0.2) is 0 Å². The SMILES string of the molecule is CCc1[nH]nc(N)c1-c1ccc(C(C)(C)C)cc1. The van der Waals surface area contributed by atoms with Crippen molar-refractivity contribution in [3.63, 3.8) is 0 Å². The Morgan fingerprint density at radius 3 is 2.28 bits per heavy atom. The maximum Gasteiger partial charge on any atom is 0.153 e. The maximum atomic E-state index is 5.93. The number of nitrogen functional groups attached to an aromatic ring is 1. The van der Waals surface area contributed by atoms with E-state index in [0.717, 1.165) is 23.2 Å². The lowest BCUT2D eigenvalue weighted by atomic mass is 9.86. The predicted molar refractivity (Wildman–Crippen MR) is 76.5 cm³/mol. The van der Waals surface area contributed by atoms with Crippen molar-refractivity contribution in [3.8, 4) is 11.1 Å². The molecule has 3 nitrogen and oxygen atoms in total. The van der Waals surface area contributed by atoms with E-state index in [4.69, 9.17) is 5.73 Å². The van der Waals surface area contributed by atoms with Crippen molar-refractivity contribution in [1.29, 1.82) is 0 Å². The molecule has 0 saturated carbocycles. The largest absolute Gasteiger partial charge is 0.382 e. The van der Waals surface area contributed by atoms with Gasteiger partial charge in [-0.1, -0.05) is 52.0 Å². The van der Waals surface area contributed by atoms with Gasteiger partial charge in [-0.15, -0.1) is 0 Å². The molecule has 1 heterocycles. The Morgan fingerprint density at radius 1 is 1.17 bits per heavy atom. The minimum Gasteiger partial charge on any atom is -0.382 e. The van der Waals surface area contributed by atoms with Crippen LogP contribution >= 0.6 is 0 Å². The van der Waals surface area contributed by atoms with Crippen molar-refractivity contribution in [3.05, 3.63) is 35.5 Å². The quantitative estimate of drug-likeness (QED) is 0.848. The van der Waals surface area contributed by atoms with Gasteiger partial charge in [0.25, 0.3) is 0 Å². The second-order valence-corrected chi connectivity index (χ2v) is 5.64. The molecule has 0 atom stereocenters. The molecule has 0 aliphatic heterocycles. The molecular formula is C15H21N3. The lowest BCUT2D eigenvalue weighted by Crippen LogP contribution is -2.10. The molecule has 0 spiro atoms. The van der Waals surface area contributed by atoms with Gasteiger partial charge in [0.1, 0.15) is 0 Å². The average Bonchev–Trinajstić information content (AvgIpc) is 2.69. The summed E-state index contributed by atoms with van der Waals surface area (Å²) < 4.78 is 0. The zero-order valence-corrected chi connectivity index (χ0v) is 11.5. The zero-order valence-electron chi connectivity index (χ0n) is 11.5. The highest BCUT2D eigenvalue weighted by atomic mass is 15.2. The minimum absolute atomic E-state index is 0.175. The maximum absolute atomic E-state index is 5.93. The first-order valence-corrected chi connectivity index (χ1v) is 6.37. The molecule has 0 unspecified atom stereocenters. The van der Waals surface area contributed by atoms with E-state index in [9.17, 15) is 0 Å². The number of hydrogen-bond acceptors (Lipinski definition) is 2. The van der Waals surface area contributed by atoms with E-state index in [1.54, 1.807) is 0 Å². The first kappa shape index (κ1) is 12.7. The summed E-state index contributed by atoms with van der Waals surface area (Å²) in [6.07, 6.45) is 0.903. The Labute approximate surface area is 108 Å². The van der Waals surface area contributed by atoms with Gasteiger partial charge in [-0.3, -0.25) is 5.10 Å². The van der Waals surface area contributed by atoms with Crippen molar-refractivity contribution in [2.75, 3.05) is 5.73 Å². The Balaban J connectivity index is 2.43. The molecule has 0 bridgehead atoms. The topological polar surface area (TPSA) is 54.7 Å². The number of aromatic amines is 1. The smallest absolute Gasteiger partial charge is 0.153 e. The summed E-state index contributed by atoms with van der Waals surface area (Å²) in [5.74, 6) is 0.579. The van der Waals surface area contributed by atoms with Gasteiger partial charge < -0.3 is 5.73 Å². The molecule has 0 aliphatic rings. The lowest BCUT2D eigenvalue weighted by molar-refractivity contribution is 0.590. The van der Waals surface area contributed by atoms with Gasteiger partial charge in [0.2, 0.25) is 0 Å². The molecule has 18 heavy (non-hydrogen) atoms. The van der Waals surface area contributed by atoms with Crippen LogP contribution in [0.15, 0.2) is 24.3 Å². The summed E-state index contributed by atoms with van der Waals surface area (Å²) in [5.41, 5.74) is 10.7. The van der Waals surface area contributed by atoms with Crippen LogP contribution in [0.2, 0.25) is 0 Å². The number of hydrogen-bond donors (Lipinski definition) is 2. The number of aromatic nitrogens is 2. The highest BCUT2D eigenvalue weighted by Gasteiger charge is 2.15. The minimum atomic E-state index is 0.175. The molecule has 1 aromatic heterocycles. The van der Waals surface area contributed by atoms with Crippen LogP contribution in [0.4, 0.5) is 5.82 Å². The highest BCUT2D eigenvalue weighted by molar-refractivity contribution is 5.76. The molecule has 0 saturated heterocycles. The average molecular weight is 243 g/mol. The van der Waals surface area contributed by atoms with Crippen molar-refractivity contribution >= 4 is 5.82 Å². The Bertz CT molecular complexity index is 530. The number of benzene rings is 1. The van der Waals surface area contributed by atoms with Crippen molar-refractivity contribution < 1.29 is 0 Å². The van der Waals surface area contributed by atoms with Crippen LogP contribution in [0.25, 0.3) is 11.1 Å². The number of aryl methyl sites for hydroxylation is 1. The van der Waals surface area contributed by atoms with Crippen LogP contribution in [0.5, 0.6) is 0 Å². The molecule has 0 radical (unpaired) electrons. The van der Waals surface area contributed by atoms with Crippen LogP contribution in [0.1, 0.15) is 39.0 Å². The monoisotopic (exact) mass is 243 g/mol. The normalized spacial score (nSPS) is 11.8. The molecule has 3 N–H and O–H groups in total. The van der Waals surface area contributed by atoms with E-state index in [0.29, 0.717) is 5.82 Å². The molecular weight excluding hydrogens is 222 g/mol. The van der Waals surface area contributed by atoms with Crippen molar-refractivity contribution in [2.45, 2.75) is 39.5 Å². The summed E-state index contributed by atoms with van der Waals surface area (Å²) in [6, 6.07) is 8.59. The fraction of sp³-hybridized carbons (Fsp3) is 0.400. The summed E-state index contributed by atoms with van der Waals surface area (Å²) in [6.45, 7) is 8.74. The van der Waals surface area contributed by atoms with Crippen molar-refractivity contribution in [2.24, 2.45) is 0 Å². The summed E-state index contributed by atoms with van der Waals surface area (Å²) in [7, 11) is 0. The van der Waals surface area contributed by atoms with Crippen LogP contribution in [0.3, 0.4) is 0 Å². The molecule has 96 valence electrons. The molecule has 0 fully saturated rings. The third-order valence-corrected chi connectivity index (χ3v) is 3.26. The first-order chi connectivity index (χ1) is 8.43. The molecule has 1 aromatic carbocycles. The van der Waals surface area contributed by atoms with Gasteiger partial charge >= 0.3 is 0 Å². The van der Waals surface area contributed by atoms with E-state index in [1.807, 2.05) is 0 Å². The number of nitrogens with one attached hydrogen (secondary N) is 1. The fourth-order valence-electron chi connectivity index (χ4n) is 2.11. The van der Waals surface area contributed by atoms with Crippen molar-refractivity contribution in [1.82, 2.24) is 10.2 Å². The standard InChI is InChI=1S/C15H21N3/c1-5-12-13(14(16)18-17-12)10-6-8-11(9-7-10)15(2,3)4/h6-9H,5H2,1-4H3,(H3,16,17,18). The molecule has 3 heteroatoms. The number of H-pyrrole nitrogens is 1. The van der Waals surface area contributed by atoms with E-state index in [-0.39, 0.29) is 5.41 Å². The second kappa shape index (κ2) is 4.48. The number of nitrogens with zero attached hydrogens (tertiary/aromatic N) is 1. The van der Waals surface area contributed by atoms with E-state index in [2.05, 4.69) is 62.2 Å². The Kier molecular flexibility index (Phi) is 3.16. The van der Waals surface area contributed by atoms with Gasteiger partial charge in [0.05, 0.1) is 0 Å². The van der Waals surface area contributed by atoms with Crippen LogP contribution in [0, 0.1) is 0 Å². The number of nitrogens with two attached hydrogens (primary N) is 1. The Hall–Kier alpha value is -1.77. The van der Waals surface area contributed by atoms with E-state index >= 15 is 0 Å². The van der Waals surface area contributed by atoms with Gasteiger partial charge in [-0.2, -0.15) is 5.10 Å². The summed E-state index contributed by atoms with van der Waals surface area (Å²) in [5, 5.41) is 7.08. The second-order valence-electron chi connectivity index (χ2n) is 5.64. The number of anilines is 1. The van der Waals surface area contributed by atoms with Crippen LogP contribution in [-0.4, -0.2) is 10.2 Å². The summed E-state index contributed by atoms with van der Waals surface area (Å²) >= 11 is 0. The highest BCUT2D eigenvalue weighted by Crippen LogP contribution is 2.30.